The van der Waals surface area contributed by atoms with E-state index >= 15 is 0 Å². The van der Waals surface area contributed by atoms with E-state index in [1.807, 2.05) is 43.3 Å². The summed E-state index contributed by atoms with van der Waals surface area (Å²) in [5.74, 6) is 2.50. The molecule has 140 valence electrons. The molecule has 8 heteroatoms. The molecule has 0 saturated carbocycles. The Kier molecular flexibility index (Phi) is 5.24. The van der Waals surface area contributed by atoms with Gasteiger partial charge in [-0.15, -0.1) is 10.2 Å². The van der Waals surface area contributed by atoms with Crippen LogP contribution in [0.3, 0.4) is 0 Å². The third kappa shape index (κ3) is 4.22. The van der Waals surface area contributed by atoms with E-state index in [0.717, 1.165) is 54.8 Å². The number of benzene rings is 1. The van der Waals surface area contributed by atoms with Crippen LogP contribution in [-0.2, 0) is 6.54 Å². The van der Waals surface area contributed by atoms with E-state index in [0.29, 0.717) is 13.2 Å². The Balaban J connectivity index is 1.35. The van der Waals surface area contributed by atoms with Gasteiger partial charge >= 0.3 is 0 Å². The largest absolute Gasteiger partial charge is 0.494 e. The van der Waals surface area contributed by atoms with Crippen molar-refractivity contribution in [2.45, 2.75) is 13.5 Å². The molecule has 0 radical (unpaired) electrons. The summed E-state index contributed by atoms with van der Waals surface area (Å²) >= 11 is 0. The molecule has 8 nitrogen and oxygen atoms in total. The summed E-state index contributed by atoms with van der Waals surface area (Å²) in [5.41, 5.74) is 1.89. The molecule has 1 aromatic carbocycles. The Morgan fingerprint density at radius 2 is 1.81 bits per heavy atom. The average molecular weight is 366 g/mol. The van der Waals surface area contributed by atoms with Gasteiger partial charge in [-0.25, -0.2) is 0 Å². The van der Waals surface area contributed by atoms with Gasteiger partial charge in [0, 0.05) is 31.7 Å². The SMILES string of the molecule is CCOc1ccc(-c2ccc(N3CCN(Cc4ncon4)CC3)nn2)cc1. The van der Waals surface area contributed by atoms with Crippen LogP contribution in [0.1, 0.15) is 12.7 Å². The Morgan fingerprint density at radius 1 is 1.00 bits per heavy atom. The Morgan fingerprint density at radius 3 is 2.44 bits per heavy atom. The smallest absolute Gasteiger partial charge is 0.213 e. The minimum atomic E-state index is 0.663. The first kappa shape index (κ1) is 17.4. The molecule has 0 unspecified atom stereocenters. The number of ether oxygens (including phenoxy) is 1. The zero-order valence-corrected chi connectivity index (χ0v) is 15.3. The van der Waals surface area contributed by atoms with E-state index in [4.69, 9.17) is 9.26 Å². The van der Waals surface area contributed by atoms with Crippen LogP contribution >= 0.6 is 0 Å². The topological polar surface area (TPSA) is 80.4 Å². The van der Waals surface area contributed by atoms with Crippen LogP contribution in [0.4, 0.5) is 5.82 Å². The third-order valence-electron chi connectivity index (χ3n) is 4.58. The summed E-state index contributed by atoms with van der Waals surface area (Å²) in [5, 5.41) is 12.7. The van der Waals surface area contributed by atoms with Crippen LogP contribution in [0, 0.1) is 0 Å². The van der Waals surface area contributed by atoms with Gasteiger partial charge in [-0.05, 0) is 43.3 Å². The maximum absolute atomic E-state index is 5.48. The normalized spacial score (nSPS) is 15.1. The molecule has 3 heterocycles. The quantitative estimate of drug-likeness (QED) is 0.657. The molecule has 0 bridgehead atoms. The molecule has 4 rings (SSSR count). The molecule has 0 aliphatic carbocycles. The van der Waals surface area contributed by atoms with Crippen molar-refractivity contribution >= 4 is 5.82 Å². The first-order chi connectivity index (χ1) is 13.3. The van der Waals surface area contributed by atoms with Gasteiger partial charge in [-0.3, -0.25) is 4.90 Å². The van der Waals surface area contributed by atoms with E-state index in [9.17, 15) is 0 Å². The number of anilines is 1. The fourth-order valence-corrected chi connectivity index (χ4v) is 3.13. The van der Waals surface area contributed by atoms with Crippen molar-refractivity contribution in [3.63, 3.8) is 0 Å². The van der Waals surface area contributed by atoms with Gasteiger partial charge in [0.2, 0.25) is 6.39 Å². The molecule has 0 spiro atoms. The zero-order chi connectivity index (χ0) is 18.5. The first-order valence-corrected chi connectivity index (χ1v) is 9.11. The van der Waals surface area contributed by atoms with Crippen molar-refractivity contribution in [3.8, 4) is 17.0 Å². The van der Waals surface area contributed by atoms with Crippen molar-refractivity contribution in [2.24, 2.45) is 0 Å². The minimum absolute atomic E-state index is 0.663. The summed E-state index contributed by atoms with van der Waals surface area (Å²) < 4.78 is 10.3. The summed E-state index contributed by atoms with van der Waals surface area (Å²) in [7, 11) is 0. The Hall–Kier alpha value is -3.00. The predicted molar refractivity (Wildman–Crippen MR) is 100 cm³/mol. The summed E-state index contributed by atoms with van der Waals surface area (Å²) in [6.07, 6.45) is 1.37. The van der Waals surface area contributed by atoms with Gasteiger partial charge in [0.25, 0.3) is 0 Å². The van der Waals surface area contributed by atoms with E-state index < -0.39 is 0 Å². The number of piperazine rings is 1. The lowest BCUT2D eigenvalue weighted by atomic mass is 10.1. The lowest BCUT2D eigenvalue weighted by molar-refractivity contribution is 0.239. The maximum Gasteiger partial charge on any atom is 0.213 e. The number of hydrogen-bond donors (Lipinski definition) is 0. The molecule has 27 heavy (non-hydrogen) atoms. The van der Waals surface area contributed by atoms with Gasteiger partial charge in [-0.2, -0.15) is 4.98 Å². The second-order valence-corrected chi connectivity index (χ2v) is 6.34. The van der Waals surface area contributed by atoms with E-state index in [1.54, 1.807) is 0 Å². The van der Waals surface area contributed by atoms with Gasteiger partial charge in [-0.1, -0.05) is 5.16 Å². The molecule has 3 aromatic rings. The standard InChI is InChI=1S/C19H22N6O2/c1-2-26-16-5-3-15(4-6-16)17-7-8-19(22-21-17)25-11-9-24(10-12-25)13-18-20-14-27-23-18/h3-8,14H,2,9-13H2,1H3. The predicted octanol–water partition coefficient (Wildman–Crippen LogP) is 2.25. The van der Waals surface area contributed by atoms with E-state index in [-0.39, 0.29) is 0 Å². The second-order valence-electron chi connectivity index (χ2n) is 6.34. The second kappa shape index (κ2) is 8.13. The molecule has 1 aliphatic rings. The highest BCUT2D eigenvalue weighted by molar-refractivity contribution is 5.60. The minimum Gasteiger partial charge on any atom is -0.494 e. The van der Waals surface area contributed by atoms with Gasteiger partial charge < -0.3 is 14.2 Å². The molecule has 0 atom stereocenters. The molecule has 2 aromatic heterocycles. The summed E-state index contributed by atoms with van der Waals surface area (Å²) in [6.45, 7) is 7.00. The number of hydrogen-bond acceptors (Lipinski definition) is 8. The van der Waals surface area contributed by atoms with Crippen molar-refractivity contribution in [1.82, 2.24) is 25.2 Å². The summed E-state index contributed by atoms with van der Waals surface area (Å²) in [6, 6.07) is 12.0. The van der Waals surface area contributed by atoms with E-state index in [1.165, 1.54) is 6.39 Å². The molecular weight excluding hydrogens is 344 g/mol. The fraction of sp³-hybridized carbons (Fsp3) is 0.368. The van der Waals surface area contributed by atoms with Gasteiger partial charge in [0.15, 0.2) is 11.6 Å². The molecule has 0 amide bonds. The Labute approximate surface area is 157 Å². The van der Waals surface area contributed by atoms with Crippen LogP contribution < -0.4 is 9.64 Å². The number of nitrogens with zero attached hydrogens (tertiary/aromatic N) is 6. The van der Waals surface area contributed by atoms with Gasteiger partial charge in [0.1, 0.15) is 5.75 Å². The van der Waals surface area contributed by atoms with Crippen molar-refractivity contribution < 1.29 is 9.26 Å². The van der Waals surface area contributed by atoms with Crippen molar-refractivity contribution in [2.75, 3.05) is 37.7 Å². The molecular formula is C19H22N6O2. The number of rotatable bonds is 6. The molecule has 1 saturated heterocycles. The van der Waals surface area contributed by atoms with Crippen LogP contribution in [0.5, 0.6) is 5.75 Å². The van der Waals surface area contributed by atoms with Crippen LogP contribution in [0.25, 0.3) is 11.3 Å². The molecule has 1 fully saturated rings. The van der Waals surface area contributed by atoms with Crippen molar-refractivity contribution in [3.05, 3.63) is 48.6 Å². The fourth-order valence-electron chi connectivity index (χ4n) is 3.13. The first-order valence-electron chi connectivity index (χ1n) is 9.11. The highest BCUT2D eigenvalue weighted by Gasteiger charge is 2.19. The Bertz CT molecular complexity index is 828. The zero-order valence-electron chi connectivity index (χ0n) is 15.3. The molecule has 0 N–H and O–H groups in total. The van der Waals surface area contributed by atoms with Crippen LogP contribution in [0.15, 0.2) is 47.3 Å². The monoisotopic (exact) mass is 366 g/mol. The molecule has 1 aliphatic heterocycles. The highest BCUT2D eigenvalue weighted by Crippen LogP contribution is 2.22. The van der Waals surface area contributed by atoms with Crippen LogP contribution in [-0.4, -0.2) is 58.0 Å². The van der Waals surface area contributed by atoms with E-state index in [2.05, 4.69) is 30.1 Å². The van der Waals surface area contributed by atoms with Crippen LogP contribution in [0.2, 0.25) is 0 Å². The lowest BCUT2D eigenvalue weighted by Gasteiger charge is -2.34. The highest BCUT2D eigenvalue weighted by atomic mass is 16.5. The third-order valence-corrected chi connectivity index (χ3v) is 4.58. The maximum atomic E-state index is 5.48. The van der Waals surface area contributed by atoms with Gasteiger partial charge in [0.05, 0.1) is 18.8 Å². The van der Waals surface area contributed by atoms with Crippen molar-refractivity contribution in [1.29, 1.82) is 0 Å². The summed E-state index contributed by atoms with van der Waals surface area (Å²) in [4.78, 5) is 8.64. The number of aromatic nitrogens is 4. The lowest BCUT2D eigenvalue weighted by Crippen LogP contribution is -2.46. The average Bonchev–Trinajstić information content (AvgIpc) is 3.23.